The van der Waals surface area contributed by atoms with E-state index in [0.717, 1.165) is 45.9 Å². The molecule has 184 valence electrons. The minimum absolute atomic E-state index is 0.0787. The van der Waals surface area contributed by atoms with Gasteiger partial charge in [-0.05, 0) is 41.3 Å². The predicted octanol–water partition coefficient (Wildman–Crippen LogP) is 3.82. The molecule has 7 nitrogen and oxygen atoms in total. The van der Waals surface area contributed by atoms with Gasteiger partial charge in [-0.1, -0.05) is 38.1 Å². The summed E-state index contributed by atoms with van der Waals surface area (Å²) in [5.41, 5.74) is 7.46. The van der Waals surface area contributed by atoms with Crippen molar-refractivity contribution in [2.75, 3.05) is 57.9 Å². The molecule has 2 aromatic rings. The third-order valence-corrected chi connectivity index (χ3v) is 6.91. The summed E-state index contributed by atoms with van der Waals surface area (Å²) in [6.07, 6.45) is 0. The van der Waals surface area contributed by atoms with Crippen LogP contribution in [0.2, 0.25) is 0 Å². The van der Waals surface area contributed by atoms with Crippen molar-refractivity contribution < 1.29 is 19.4 Å². The molecule has 0 aromatic heterocycles. The number of hydrogen-bond donors (Lipinski definition) is 2. The maximum Gasteiger partial charge on any atom is 0.329 e. The highest BCUT2D eigenvalue weighted by Crippen LogP contribution is 2.45. The number of fused-ring (bicyclic) bond motifs is 2. The molecule has 2 aromatic carbocycles. The zero-order valence-electron chi connectivity index (χ0n) is 20.6. The molecule has 2 aliphatic heterocycles. The molecule has 0 unspecified atom stereocenters. The molecular weight excluding hydrogens is 430 g/mol. The van der Waals surface area contributed by atoms with E-state index in [4.69, 9.17) is 14.6 Å². The summed E-state index contributed by atoms with van der Waals surface area (Å²) < 4.78 is 10.8. The summed E-state index contributed by atoms with van der Waals surface area (Å²) in [5, 5.41) is 12.3. The molecule has 34 heavy (non-hydrogen) atoms. The Morgan fingerprint density at radius 2 is 1.71 bits per heavy atom. The highest BCUT2D eigenvalue weighted by molar-refractivity contribution is 5.76. The molecule has 0 spiro atoms. The van der Waals surface area contributed by atoms with Crippen molar-refractivity contribution in [3.8, 4) is 0 Å². The van der Waals surface area contributed by atoms with Crippen LogP contribution in [-0.2, 0) is 32.8 Å². The molecule has 0 atom stereocenters. The third kappa shape index (κ3) is 5.78. The zero-order valence-corrected chi connectivity index (χ0v) is 20.6. The Hall–Kier alpha value is -2.45. The first-order chi connectivity index (χ1) is 16.4. The molecule has 0 radical (unpaired) electrons. The van der Waals surface area contributed by atoms with Crippen LogP contribution in [0.5, 0.6) is 0 Å². The molecule has 2 heterocycles. The molecule has 0 bridgehead atoms. The highest BCUT2D eigenvalue weighted by Gasteiger charge is 2.33. The average Bonchev–Trinajstić information content (AvgIpc) is 2.82. The summed E-state index contributed by atoms with van der Waals surface area (Å²) in [5.74, 6) is -0.914. The molecule has 7 heteroatoms. The van der Waals surface area contributed by atoms with Gasteiger partial charge in [-0.2, -0.15) is 0 Å². The van der Waals surface area contributed by atoms with Gasteiger partial charge in [0, 0.05) is 62.7 Å². The number of nitrogens with zero attached hydrogens (tertiary/aromatic N) is 2. The van der Waals surface area contributed by atoms with Crippen molar-refractivity contribution in [1.82, 2.24) is 9.80 Å². The van der Waals surface area contributed by atoms with Crippen molar-refractivity contribution in [2.24, 2.45) is 0 Å². The van der Waals surface area contributed by atoms with Crippen LogP contribution in [0.4, 0.5) is 11.4 Å². The Labute approximate surface area is 202 Å². The van der Waals surface area contributed by atoms with Gasteiger partial charge in [-0.15, -0.1) is 0 Å². The van der Waals surface area contributed by atoms with Crippen LogP contribution in [-0.4, -0.2) is 73.4 Å². The first-order valence-electron chi connectivity index (χ1n) is 12.2. The number of benzene rings is 2. The quantitative estimate of drug-likeness (QED) is 0.515. The van der Waals surface area contributed by atoms with Gasteiger partial charge in [0.25, 0.3) is 0 Å². The fraction of sp³-hybridized carbons (Fsp3) is 0.519. The lowest BCUT2D eigenvalue weighted by Gasteiger charge is -2.37. The van der Waals surface area contributed by atoms with Gasteiger partial charge in [0.1, 0.15) is 6.61 Å². The molecule has 0 amide bonds. The molecule has 1 fully saturated rings. The standard InChI is InChI=1S/C27H37N3O4/c1-4-33-18-21-5-7-22-25(16-21)28-24-8-6-20(15-23(24)27(22,2)3)17-30-11-9-29(10-12-30)13-14-34-19-26(31)32/h5-8,15-16,28H,4,9-14,17-19H2,1-3H3,(H,31,32). The number of aliphatic carboxylic acids is 1. The lowest BCUT2D eigenvalue weighted by molar-refractivity contribution is -0.142. The first-order valence-corrected chi connectivity index (χ1v) is 12.2. The van der Waals surface area contributed by atoms with Gasteiger partial charge in [-0.25, -0.2) is 4.79 Å². The molecule has 1 saturated heterocycles. The number of nitrogens with one attached hydrogen (secondary N) is 1. The Bertz CT molecular complexity index is 999. The van der Waals surface area contributed by atoms with E-state index in [9.17, 15) is 4.79 Å². The van der Waals surface area contributed by atoms with Gasteiger partial charge >= 0.3 is 5.97 Å². The normalized spacial score (nSPS) is 17.6. The van der Waals surface area contributed by atoms with Crippen LogP contribution in [0.15, 0.2) is 36.4 Å². The molecule has 4 rings (SSSR count). The average molecular weight is 468 g/mol. The largest absolute Gasteiger partial charge is 0.480 e. The van der Waals surface area contributed by atoms with Crippen LogP contribution < -0.4 is 5.32 Å². The van der Waals surface area contributed by atoms with Gasteiger partial charge in [-0.3, -0.25) is 9.80 Å². The van der Waals surface area contributed by atoms with Crippen LogP contribution >= 0.6 is 0 Å². The lowest BCUT2D eigenvalue weighted by Crippen LogP contribution is -2.46. The number of carbonyl (C=O) groups is 1. The number of rotatable bonds is 10. The second kappa shape index (κ2) is 10.9. The van der Waals surface area contributed by atoms with Crippen LogP contribution in [0, 0.1) is 0 Å². The lowest BCUT2D eigenvalue weighted by atomic mass is 9.73. The second-order valence-corrected chi connectivity index (χ2v) is 9.71. The summed E-state index contributed by atoms with van der Waals surface area (Å²) in [6.45, 7) is 13.9. The fourth-order valence-corrected chi connectivity index (χ4v) is 4.94. The van der Waals surface area contributed by atoms with Crippen LogP contribution in [0.1, 0.15) is 43.0 Å². The van der Waals surface area contributed by atoms with E-state index in [1.54, 1.807) is 0 Å². The van der Waals surface area contributed by atoms with Gasteiger partial charge < -0.3 is 19.9 Å². The van der Waals surface area contributed by atoms with Crippen molar-refractivity contribution in [3.63, 3.8) is 0 Å². The molecular formula is C27H37N3O4. The van der Waals surface area contributed by atoms with Crippen molar-refractivity contribution in [1.29, 1.82) is 0 Å². The molecule has 2 aliphatic rings. The van der Waals surface area contributed by atoms with E-state index < -0.39 is 5.97 Å². The van der Waals surface area contributed by atoms with Crippen LogP contribution in [0.3, 0.4) is 0 Å². The zero-order chi connectivity index (χ0) is 24.1. The third-order valence-electron chi connectivity index (χ3n) is 6.91. The predicted molar refractivity (Wildman–Crippen MR) is 134 cm³/mol. The van der Waals surface area contributed by atoms with Crippen LogP contribution in [0.25, 0.3) is 0 Å². The summed E-state index contributed by atoms with van der Waals surface area (Å²) >= 11 is 0. The summed E-state index contributed by atoms with van der Waals surface area (Å²) in [4.78, 5) is 15.4. The van der Waals surface area contributed by atoms with E-state index in [1.807, 2.05) is 6.92 Å². The maximum absolute atomic E-state index is 10.6. The first kappa shape index (κ1) is 24.7. The molecule has 0 aliphatic carbocycles. The van der Waals surface area contributed by atoms with E-state index in [-0.39, 0.29) is 12.0 Å². The van der Waals surface area contributed by atoms with E-state index >= 15 is 0 Å². The Morgan fingerprint density at radius 1 is 0.971 bits per heavy atom. The summed E-state index contributed by atoms with van der Waals surface area (Å²) in [7, 11) is 0. The van der Waals surface area contributed by atoms with Gasteiger partial charge in [0.2, 0.25) is 0 Å². The summed E-state index contributed by atoms with van der Waals surface area (Å²) in [6, 6.07) is 13.5. The van der Waals surface area contributed by atoms with Gasteiger partial charge in [0.05, 0.1) is 13.2 Å². The SMILES string of the molecule is CCOCc1ccc2c(c1)Nc1ccc(CN3CCN(CCOCC(=O)O)CC3)cc1C2(C)C. The Morgan fingerprint density at radius 3 is 2.44 bits per heavy atom. The number of piperazine rings is 1. The molecule has 0 saturated carbocycles. The van der Waals surface area contributed by atoms with Crippen molar-refractivity contribution in [3.05, 3.63) is 58.7 Å². The minimum Gasteiger partial charge on any atom is -0.480 e. The fourth-order valence-electron chi connectivity index (χ4n) is 4.94. The Balaban J connectivity index is 1.37. The Kier molecular flexibility index (Phi) is 7.88. The van der Waals surface area contributed by atoms with Gasteiger partial charge in [0.15, 0.2) is 0 Å². The highest BCUT2D eigenvalue weighted by atomic mass is 16.5. The topological polar surface area (TPSA) is 74.3 Å². The van der Waals surface area contributed by atoms with E-state index in [1.165, 1.54) is 33.6 Å². The monoisotopic (exact) mass is 467 g/mol. The van der Waals surface area contributed by atoms with Crippen molar-refractivity contribution >= 4 is 17.3 Å². The number of carboxylic acids is 1. The van der Waals surface area contributed by atoms with Crippen molar-refractivity contribution in [2.45, 2.75) is 39.3 Å². The second-order valence-electron chi connectivity index (χ2n) is 9.71. The number of ether oxygens (including phenoxy) is 2. The van der Waals surface area contributed by atoms with E-state index in [2.05, 4.69) is 65.4 Å². The minimum atomic E-state index is -0.914. The van der Waals surface area contributed by atoms with E-state index in [0.29, 0.717) is 13.2 Å². The number of anilines is 2. The number of carboxylic acid groups (broad SMARTS) is 1. The molecule has 2 N–H and O–H groups in total. The maximum atomic E-state index is 10.6. The number of hydrogen-bond acceptors (Lipinski definition) is 6. The smallest absolute Gasteiger partial charge is 0.329 e.